The Morgan fingerprint density at radius 3 is 2.77 bits per heavy atom. The summed E-state index contributed by atoms with van der Waals surface area (Å²) in [6, 6.07) is 0. The Labute approximate surface area is 135 Å². The summed E-state index contributed by atoms with van der Waals surface area (Å²) in [6.07, 6.45) is 7.12. The number of carbonyl (C=O) groups is 2. The predicted molar refractivity (Wildman–Crippen MR) is 89.7 cm³/mol. The largest absolute Gasteiger partial charge is 0.355 e. The maximum atomic E-state index is 11.9. The monoisotopic (exact) mass is 311 g/mol. The van der Waals surface area contributed by atoms with Crippen molar-refractivity contribution in [3.63, 3.8) is 0 Å². The second kappa shape index (κ2) is 11.5. The zero-order valence-corrected chi connectivity index (χ0v) is 14.4. The maximum Gasteiger partial charge on any atom is 0.234 e. The van der Waals surface area contributed by atoms with Crippen LogP contribution < -0.4 is 5.32 Å². The van der Waals surface area contributed by atoms with Crippen LogP contribution in [0.1, 0.15) is 58.8 Å². The van der Waals surface area contributed by atoms with E-state index < -0.39 is 0 Å². The van der Waals surface area contributed by atoms with E-state index in [1.807, 2.05) is 4.90 Å². The Hall–Kier alpha value is -1.10. The van der Waals surface area contributed by atoms with Crippen LogP contribution >= 0.6 is 0 Å². The van der Waals surface area contributed by atoms with E-state index >= 15 is 0 Å². The van der Waals surface area contributed by atoms with E-state index in [4.69, 9.17) is 0 Å². The van der Waals surface area contributed by atoms with E-state index in [0.29, 0.717) is 19.5 Å². The van der Waals surface area contributed by atoms with Gasteiger partial charge in [-0.3, -0.25) is 14.5 Å². The predicted octanol–water partition coefficient (Wildman–Crippen LogP) is 2.02. The highest BCUT2D eigenvalue weighted by Gasteiger charge is 2.15. The number of rotatable bonds is 10. The van der Waals surface area contributed by atoms with Gasteiger partial charge in [-0.1, -0.05) is 26.7 Å². The van der Waals surface area contributed by atoms with Gasteiger partial charge in [0.05, 0.1) is 6.54 Å². The molecule has 1 rings (SSSR count). The van der Waals surface area contributed by atoms with Gasteiger partial charge in [-0.15, -0.1) is 0 Å². The fourth-order valence-corrected chi connectivity index (χ4v) is 2.76. The third kappa shape index (κ3) is 7.78. The molecule has 0 aromatic carbocycles. The molecule has 0 atom stereocenters. The van der Waals surface area contributed by atoms with Gasteiger partial charge in [-0.05, 0) is 38.8 Å². The summed E-state index contributed by atoms with van der Waals surface area (Å²) in [5.74, 6) is 0.376. The minimum atomic E-state index is 0.0974. The number of hydrogen-bond donors (Lipinski definition) is 1. The van der Waals surface area contributed by atoms with Gasteiger partial charge in [0.2, 0.25) is 11.8 Å². The molecule has 22 heavy (non-hydrogen) atoms. The molecule has 5 nitrogen and oxygen atoms in total. The molecule has 2 amide bonds. The molecule has 0 aromatic heterocycles. The number of hydrogen-bond acceptors (Lipinski definition) is 3. The molecule has 1 saturated heterocycles. The van der Waals surface area contributed by atoms with E-state index in [0.717, 1.165) is 64.7 Å². The average molecular weight is 311 g/mol. The molecule has 0 bridgehead atoms. The highest BCUT2D eigenvalue weighted by molar-refractivity contribution is 5.78. The second-order valence-electron chi connectivity index (χ2n) is 6.12. The summed E-state index contributed by atoms with van der Waals surface area (Å²) in [4.78, 5) is 27.9. The Bertz CT molecular complexity index is 334. The van der Waals surface area contributed by atoms with E-state index in [1.54, 1.807) is 0 Å². The van der Waals surface area contributed by atoms with Gasteiger partial charge in [0.15, 0.2) is 0 Å². The lowest BCUT2D eigenvalue weighted by molar-refractivity contribution is -0.130. The molecule has 0 aromatic rings. The molecule has 1 aliphatic heterocycles. The van der Waals surface area contributed by atoms with Crippen molar-refractivity contribution in [2.24, 2.45) is 0 Å². The minimum absolute atomic E-state index is 0.0974. The van der Waals surface area contributed by atoms with Gasteiger partial charge in [-0.2, -0.15) is 0 Å². The normalized spacial score (nSPS) is 16.0. The summed E-state index contributed by atoms with van der Waals surface area (Å²) < 4.78 is 0. The number of likely N-dealkylation sites (N-methyl/N-ethyl adjacent to an activating group) is 1. The quantitative estimate of drug-likeness (QED) is 0.628. The zero-order chi connectivity index (χ0) is 16.2. The van der Waals surface area contributed by atoms with Gasteiger partial charge in [0.1, 0.15) is 0 Å². The van der Waals surface area contributed by atoms with Crippen LogP contribution in [0.25, 0.3) is 0 Å². The van der Waals surface area contributed by atoms with Crippen LogP contribution in [0.15, 0.2) is 0 Å². The van der Waals surface area contributed by atoms with Gasteiger partial charge in [0.25, 0.3) is 0 Å². The molecular formula is C17H33N3O2. The fourth-order valence-electron chi connectivity index (χ4n) is 2.76. The lowest BCUT2D eigenvalue weighted by Crippen LogP contribution is -2.39. The van der Waals surface area contributed by atoms with Crippen molar-refractivity contribution in [2.45, 2.75) is 58.8 Å². The molecule has 0 spiro atoms. The Balaban J connectivity index is 2.14. The molecule has 5 heteroatoms. The van der Waals surface area contributed by atoms with Crippen LogP contribution in [0.5, 0.6) is 0 Å². The number of amides is 2. The van der Waals surface area contributed by atoms with E-state index in [9.17, 15) is 9.59 Å². The maximum absolute atomic E-state index is 11.9. The Morgan fingerprint density at radius 2 is 2.05 bits per heavy atom. The number of likely N-dealkylation sites (tertiary alicyclic amines) is 1. The summed E-state index contributed by atoms with van der Waals surface area (Å²) in [5, 5.41) is 2.98. The first-order chi connectivity index (χ1) is 10.7. The van der Waals surface area contributed by atoms with E-state index in [1.165, 1.54) is 0 Å². The van der Waals surface area contributed by atoms with Crippen LogP contribution in [-0.2, 0) is 9.59 Å². The smallest absolute Gasteiger partial charge is 0.234 e. The third-order valence-electron chi connectivity index (χ3n) is 4.24. The van der Waals surface area contributed by atoms with E-state index in [2.05, 4.69) is 24.1 Å². The van der Waals surface area contributed by atoms with E-state index in [-0.39, 0.29) is 11.8 Å². The lowest BCUT2D eigenvalue weighted by Gasteiger charge is -2.21. The topological polar surface area (TPSA) is 52.7 Å². The average Bonchev–Trinajstić information content (AvgIpc) is 2.72. The van der Waals surface area contributed by atoms with Crippen LogP contribution in [0.3, 0.4) is 0 Å². The molecule has 0 aliphatic carbocycles. The van der Waals surface area contributed by atoms with Crippen molar-refractivity contribution < 1.29 is 9.59 Å². The van der Waals surface area contributed by atoms with Crippen molar-refractivity contribution in [1.29, 1.82) is 0 Å². The molecular weight excluding hydrogens is 278 g/mol. The van der Waals surface area contributed by atoms with Crippen LogP contribution in [0, 0.1) is 0 Å². The molecule has 1 heterocycles. The summed E-state index contributed by atoms with van der Waals surface area (Å²) in [5.41, 5.74) is 0. The summed E-state index contributed by atoms with van der Waals surface area (Å²) in [7, 11) is 0. The van der Waals surface area contributed by atoms with Crippen LogP contribution in [-0.4, -0.2) is 60.9 Å². The number of unbranched alkanes of at least 4 members (excludes halogenated alkanes) is 1. The molecule has 128 valence electrons. The van der Waals surface area contributed by atoms with Crippen molar-refractivity contribution in [3.8, 4) is 0 Å². The Kier molecular flexibility index (Phi) is 9.87. The number of carbonyl (C=O) groups excluding carboxylic acids is 2. The van der Waals surface area contributed by atoms with Gasteiger partial charge < -0.3 is 10.2 Å². The van der Waals surface area contributed by atoms with Crippen molar-refractivity contribution >= 4 is 11.8 Å². The molecule has 1 aliphatic rings. The van der Waals surface area contributed by atoms with Gasteiger partial charge in [-0.25, -0.2) is 0 Å². The van der Waals surface area contributed by atoms with Crippen LogP contribution in [0.2, 0.25) is 0 Å². The summed E-state index contributed by atoms with van der Waals surface area (Å²) in [6.45, 7) is 8.96. The zero-order valence-electron chi connectivity index (χ0n) is 14.4. The number of nitrogens with one attached hydrogen (secondary N) is 1. The first-order valence-corrected chi connectivity index (χ1v) is 8.94. The first-order valence-electron chi connectivity index (χ1n) is 8.94. The minimum Gasteiger partial charge on any atom is -0.355 e. The van der Waals surface area contributed by atoms with Crippen molar-refractivity contribution in [2.75, 3.05) is 39.3 Å². The molecule has 0 saturated carbocycles. The summed E-state index contributed by atoms with van der Waals surface area (Å²) >= 11 is 0. The highest BCUT2D eigenvalue weighted by Crippen LogP contribution is 2.11. The van der Waals surface area contributed by atoms with Gasteiger partial charge >= 0.3 is 0 Å². The molecule has 0 unspecified atom stereocenters. The fraction of sp³-hybridized carbons (Fsp3) is 0.882. The lowest BCUT2D eigenvalue weighted by atomic mass is 10.2. The third-order valence-corrected chi connectivity index (χ3v) is 4.24. The SMILES string of the molecule is CCCCN(CC)CC(=O)NCCCN1CCCCCC1=O. The van der Waals surface area contributed by atoms with Crippen molar-refractivity contribution in [1.82, 2.24) is 15.1 Å². The first kappa shape index (κ1) is 18.9. The number of nitrogens with zero attached hydrogens (tertiary/aromatic N) is 2. The molecule has 1 fully saturated rings. The van der Waals surface area contributed by atoms with Gasteiger partial charge in [0, 0.05) is 26.1 Å². The Morgan fingerprint density at radius 1 is 1.23 bits per heavy atom. The molecule has 0 radical (unpaired) electrons. The highest BCUT2D eigenvalue weighted by atomic mass is 16.2. The van der Waals surface area contributed by atoms with Crippen LogP contribution in [0.4, 0.5) is 0 Å². The van der Waals surface area contributed by atoms with Crippen molar-refractivity contribution in [3.05, 3.63) is 0 Å². The standard InChI is InChI=1S/C17H33N3O2/c1-3-5-12-19(4-2)15-16(21)18-11-9-14-20-13-8-6-7-10-17(20)22/h3-15H2,1-2H3,(H,18,21). The second-order valence-corrected chi connectivity index (χ2v) is 6.12. The molecule has 1 N–H and O–H groups in total.